The molecule has 0 bridgehead atoms. The summed E-state index contributed by atoms with van der Waals surface area (Å²) in [5, 5.41) is 3.23. The van der Waals surface area contributed by atoms with Crippen LogP contribution in [-0.2, 0) is 6.54 Å². The Morgan fingerprint density at radius 1 is 1.39 bits per heavy atom. The molecule has 3 heteroatoms. The zero-order valence-corrected chi connectivity index (χ0v) is 11.1. The van der Waals surface area contributed by atoms with Gasteiger partial charge in [0.2, 0.25) is 0 Å². The van der Waals surface area contributed by atoms with Crippen LogP contribution in [0.4, 0.5) is 4.39 Å². The Labute approximate surface area is 109 Å². The highest BCUT2D eigenvalue weighted by Gasteiger charge is 2.04. The molecule has 0 saturated carbocycles. The Hall–Kier alpha value is -1.53. The molecule has 0 aliphatic carbocycles. The number of halogens is 1. The molecule has 0 aliphatic heterocycles. The van der Waals surface area contributed by atoms with Crippen molar-refractivity contribution < 1.29 is 9.13 Å². The summed E-state index contributed by atoms with van der Waals surface area (Å²) in [4.78, 5) is 0. The van der Waals surface area contributed by atoms with Crippen LogP contribution < -0.4 is 10.1 Å². The first kappa shape index (κ1) is 14.5. The van der Waals surface area contributed by atoms with Crippen molar-refractivity contribution in [1.29, 1.82) is 0 Å². The van der Waals surface area contributed by atoms with Gasteiger partial charge < -0.3 is 10.1 Å². The number of hydrogen-bond donors (Lipinski definition) is 1. The Morgan fingerprint density at radius 3 is 2.89 bits per heavy atom. The molecule has 1 N–H and O–H groups in total. The molecule has 0 heterocycles. The predicted molar refractivity (Wildman–Crippen MR) is 72.0 cm³/mol. The fraction of sp³-hybridized carbons (Fsp3) is 0.467. The molecular formula is C15H20FNO. The lowest BCUT2D eigenvalue weighted by atomic mass is 10.2. The van der Waals surface area contributed by atoms with E-state index < -0.39 is 0 Å². The van der Waals surface area contributed by atoms with E-state index in [0.717, 1.165) is 18.5 Å². The molecular weight excluding hydrogens is 229 g/mol. The molecule has 98 valence electrons. The van der Waals surface area contributed by atoms with Crippen LogP contribution in [0.2, 0.25) is 0 Å². The molecule has 0 aromatic heterocycles. The smallest absolute Gasteiger partial charge is 0.165 e. The second kappa shape index (κ2) is 8.54. The maximum absolute atomic E-state index is 13.7. The van der Waals surface area contributed by atoms with Crippen LogP contribution in [0.3, 0.4) is 0 Å². The maximum Gasteiger partial charge on any atom is 0.165 e. The monoisotopic (exact) mass is 249 g/mol. The molecule has 0 spiro atoms. The summed E-state index contributed by atoms with van der Waals surface area (Å²) >= 11 is 0. The van der Waals surface area contributed by atoms with Crippen molar-refractivity contribution in [3.8, 4) is 17.6 Å². The van der Waals surface area contributed by atoms with Gasteiger partial charge in [0.15, 0.2) is 11.6 Å². The third kappa shape index (κ3) is 5.20. The third-order valence-electron chi connectivity index (χ3n) is 2.41. The van der Waals surface area contributed by atoms with Crippen molar-refractivity contribution in [1.82, 2.24) is 5.32 Å². The highest BCUT2D eigenvalue weighted by molar-refractivity contribution is 5.29. The summed E-state index contributed by atoms with van der Waals surface area (Å²) in [7, 11) is 0. The molecule has 0 radical (unpaired) electrons. The highest BCUT2D eigenvalue weighted by Crippen LogP contribution is 2.18. The van der Waals surface area contributed by atoms with E-state index in [4.69, 9.17) is 4.74 Å². The fourth-order valence-corrected chi connectivity index (χ4v) is 1.52. The molecule has 1 aromatic rings. The average Bonchev–Trinajstić information content (AvgIpc) is 2.37. The van der Waals surface area contributed by atoms with Crippen LogP contribution in [0.25, 0.3) is 0 Å². The van der Waals surface area contributed by atoms with Gasteiger partial charge in [-0.05, 0) is 37.6 Å². The summed E-state index contributed by atoms with van der Waals surface area (Å²) in [6.45, 7) is 5.93. The van der Waals surface area contributed by atoms with Gasteiger partial charge in [-0.2, -0.15) is 0 Å². The second-order valence-electron chi connectivity index (χ2n) is 3.97. The van der Waals surface area contributed by atoms with E-state index in [2.05, 4.69) is 24.1 Å². The summed E-state index contributed by atoms with van der Waals surface area (Å²) < 4.78 is 19.0. The predicted octanol–water partition coefficient (Wildman–Crippen LogP) is 3.12. The molecule has 0 saturated heterocycles. The second-order valence-corrected chi connectivity index (χ2v) is 3.97. The number of hydrogen-bond acceptors (Lipinski definition) is 2. The summed E-state index contributed by atoms with van der Waals surface area (Å²) in [6, 6.07) is 5.08. The average molecular weight is 249 g/mol. The Bertz CT molecular complexity index is 420. The van der Waals surface area contributed by atoms with Gasteiger partial charge >= 0.3 is 0 Å². The van der Waals surface area contributed by atoms with Gasteiger partial charge in [-0.1, -0.05) is 13.0 Å². The largest absolute Gasteiger partial charge is 0.490 e. The van der Waals surface area contributed by atoms with Gasteiger partial charge in [-0.15, -0.1) is 11.8 Å². The third-order valence-corrected chi connectivity index (χ3v) is 2.41. The first-order valence-electron chi connectivity index (χ1n) is 6.29. The van der Waals surface area contributed by atoms with E-state index in [1.165, 1.54) is 6.07 Å². The summed E-state index contributed by atoms with van der Waals surface area (Å²) in [5.41, 5.74) is 0.932. The summed E-state index contributed by atoms with van der Waals surface area (Å²) in [6.07, 6.45) is 1.69. The molecule has 18 heavy (non-hydrogen) atoms. The molecule has 0 unspecified atom stereocenters. The van der Waals surface area contributed by atoms with Crippen LogP contribution in [0, 0.1) is 17.7 Å². The van der Waals surface area contributed by atoms with Crippen LogP contribution in [0.5, 0.6) is 5.75 Å². The van der Waals surface area contributed by atoms with Gasteiger partial charge in [0.05, 0.1) is 6.61 Å². The van der Waals surface area contributed by atoms with E-state index in [1.54, 1.807) is 13.0 Å². The van der Waals surface area contributed by atoms with Gasteiger partial charge in [0, 0.05) is 13.0 Å². The lowest BCUT2D eigenvalue weighted by Gasteiger charge is -2.08. The Balaban J connectivity index is 2.47. The number of ether oxygens (including phenoxy) is 1. The lowest BCUT2D eigenvalue weighted by Crippen LogP contribution is -2.13. The highest BCUT2D eigenvalue weighted by atomic mass is 19.1. The lowest BCUT2D eigenvalue weighted by molar-refractivity contribution is 0.309. The SMILES string of the molecule is CC#CCCOc1ccc(CNCCC)cc1F. The Kier molecular flexibility index (Phi) is 6.90. The topological polar surface area (TPSA) is 21.3 Å². The molecule has 1 aromatic carbocycles. The zero-order chi connectivity index (χ0) is 13.2. The van der Waals surface area contributed by atoms with Gasteiger partial charge in [0.1, 0.15) is 0 Å². The van der Waals surface area contributed by atoms with Crippen molar-refractivity contribution in [3.05, 3.63) is 29.6 Å². The van der Waals surface area contributed by atoms with E-state index >= 15 is 0 Å². The van der Waals surface area contributed by atoms with Crippen molar-refractivity contribution >= 4 is 0 Å². The van der Waals surface area contributed by atoms with Crippen LogP contribution >= 0.6 is 0 Å². The van der Waals surface area contributed by atoms with E-state index in [9.17, 15) is 4.39 Å². The first-order chi connectivity index (χ1) is 8.77. The normalized spacial score (nSPS) is 9.72. The number of benzene rings is 1. The molecule has 0 fully saturated rings. The van der Waals surface area contributed by atoms with Crippen molar-refractivity contribution in [2.24, 2.45) is 0 Å². The maximum atomic E-state index is 13.7. The fourth-order valence-electron chi connectivity index (χ4n) is 1.52. The van der Waals surface area contributed by atoms with Crippen LogP contribution in [0.15, 0.2) is 18.2 Å². The summed E-state index contributed by atoms with van der Waals surface area (Å²) in [5.74, 6) is 5.64. The van der Waals surface area contributed by atoms with Crippen molar-refractivity contribution in [2.75, 3.05) is 13.2 Å². The minimum absolute atomic E-state index is 0.298. The minimum Gasteiger partial charge on any atom is -0.490 e. The number of rotatable bonds is 7. The van der Waals surface area contributed by atoms with Gasteiger partial charge in [-0.3, -0.25) is 0 Å². The van der Waals surface area contributed by atoms with E-state index in [-0.39, 0.29) is 5.82 Å². The van der Waals surface area contributed by atoms with E-state index in [0.29, 0.717) is 25.3 Å². The van der Waals surface area contributed by atoms with Crippen LogP contribution in [-0.4, -0.2) is 13.2 Å². The zero-order valence-electron chi connectivity index (χ0n) is 11.1. The molecule has 0 atom stereocenters. The van der Waals surface area contributed by atoms with Gasteiger partial charge in [-0.25, -0.2) is 4.39 Å². The molecule has 0 aliphatic rings. The molecule has 0 amide bonds. The standard InChI is InChI=1S/C15H20FNO/c1-3-5-6-10-18-15-8-7-13(11-14(15)16)12-17-9-4-2/h7-8,11,17H,4,6,9-10,12H2,1-2H3. The van der Waals surface area contributed by atoms with Crippen LogP contribution in [0.1, 0.15) is 32.3 Å². The molecule has 2 nitrogen and oxygen atoms in total. The minimum atomic E-state index is -0.310. The quantitative estimate of drug-likeness (QED) is 0.592. The van der Waals surface area contributed by atoms with Gasteiger partial charge in [0.25, 0.3) is 0 Å². The Morgan fingerprint density at radius 2 is 2.22 bits per heavy atom. The van der Waals surface area contributed by atoms with Crippen molar-refractivity contribution in [2.45, 2.75) is 33.2 Å². The number of nitrogens with one attached hydrogen (secondary N) is 1. The molecule has 1 rings (SSSR count). The first-order valence-corrected chi connectivity index (χ1v) is 6.29. The van der Waals surface area contributed by atoms with Crippen molar-refractivity contribution in [3.63, 3.8) is 0 Å². The van der Waals surface area contributed by atoms with E-state index in [1.807, 2.05) is 6.07 Å².